The molecule has 2 amide bonds. The van der Waals surface area contributed by atoms with Gasteiger partial charge in [0.15, 0.2) is 0 Å². The Labute approximate surface area is 80.1 Å². The van der Waals surface area contributed by atoms with Gasteiger partial charge < -0.3 is 10.2 Å². The Kier molecular flexibility index (Phi) is 1.41. The topological polar surface area (TPSA) is 86.6 Å². The fourth-order valence-corrected chi connectivity index (χ4v) is 3.35. The van der Waals surface area contributed by atoms with Gasteiger partial charge in [-0.1, -0.05) is 0 Å². The van der Waals surface area contributed by atoms with Crippen molar-refractivity contribution in [3.8, 4) is 0 Å². The fourth-order valence-electron chi connectivity index (χ4n) is 3.35. The number of hydrogen-bond acceptors (Lipinski definition) is 4. The molecular formula is C9H11NO4. The molecule has 14 heavy (non-hydrogen) atoms. The summed E-state index contributed by atoms with van der Waals surface area (Å²) in [5.74, 6) is -1.81. The quantitative estimate of drug-likeness (QED) is 0.402. The van der Waals surface area contributed by atoms with Crippen molar-refractivity contribution in [3.63, 3.8) is 0 Å². The number of aliphatic hydroxyl groups excluding tert-OH is 2. The van der Waals surface area contributed by atoms with Crippen LogP contribution < -0.4 is 5.32 Å². The van der Waals surface area contributed by atoms with Crippen LogP contribution in [0.2, 0.25) is 0 Å². The number of imide groups is 1. The van der Waals surface area contributed by atoms with E-state index < -0.39 is 24.0 Å². The predicted molar refractivity (Wildman–Crippen MR) is 43.7 cm³/mol. The van der Waals surface area contributed by atoms with E-state index in [-0.39, 0.29) is 23.7 Å². The molecule has 0 aromatic rings. The third-order valence-corrected chi connectivity index (χ3v) is 3.93. The van der Waals surface area contributed by atoms with E-state index in [4.69, 9.17) is 0 Å². The first-order valence-corrected chi connectivity index (χ1v) is 4.82. The Morgan fingerprint density at radius 2 is 1.43 bits per heavy atom. The predicted octanol–water partition coefficient (Wildman–Crippen LogP) is -1.75. The number of fused-ring (bicyclic) bond motifs is 5. The van der Waals surface area contributed by atoms with Gasteiger partial charge in [0.1, 0.15) is 0 Å². The molecule has 5 heteroatoms. The van der Waals surface area contributed by atoms with Crippen LogP contribution in [0.5, 0.6) is 0 Å². The molecule has 0 aromatic heterocycles. The molecule has 1 saturated heterocycles. The van der Waals surface area contributed by atoms with Gasteiger partial charge in [0.25, 0.3) is 0 Å². The van der Waals surface area contributed by atoms with Crippen LogP contribution in [0, 0.1) is 23.7 Å². The molecule has 2 aliphatic carbocycles. The molecule has 3 N–H and O–H groups in total. The molecule has 2 saturated carbocycles. The molecule has 1 heterocycles. The summed E-state index contributed by atoms with van der Waals surface area (Å²) in [7, 11) is 0. The zero-order valence-corrected chi connectivity index (χ0v) is 7.38. The zero-order valence-electron chi connectivity index (χ0n) is 7.38. The van der Waals surface area contributed by atoms with Gasteiger partial charge in [0.05, 0.1) is 24.0 Å². The van der Waals surface area contributed by atoms with Crippen molar-refractivity contribution in [2.75, 3.05) is 0 Å². The van der Waals surface area contributed by atoms with Crippen LogP contribution in [0.3, 0.4) is 0 Å². The number of aliphatic hydroxyl groups is 2. The first kappa shape index (κ1) is 8.38. The number of carbonyl (C=O) groups excluding carboxylic acids is 2. The van der Waals surface area contributed by atoms with Crippen LogP contribution >= 0.6 is 0 Å². The maximum atomic E-state index is 11.4. The van der Waals surface area contributed by atoms with E-state index in [2.05, 4.69) is 5.32 Å². The van der Waals surface area contributed by atoms with Crippen molar-refractivity contribution in [2.24, 2.45) is 23.7 Å². The molecule has 0 unspecified atom stereocenters. The number of rotatable bonds is 0. The minimum absolute atomic E-state index is 0.230. The van der Waals surface area contributed by atoms with Crippen LogP contribution in [0.4, 0.5) is 0 Å². The number of hydrogen-bond donors (Lipinski definition) is 3. The first-order chi connectivity index (χ1) is 6.61. The van der Waals surface area contributed by atoms with Crippen molar-refractivity contribution in [1.29, 1.82) is 0 Å². The van der Waals surface area contributed by atoms with Crippen molar-refractivity contribution in [1.82, 2.24) is 5.32 Å². The molecule has 76 valence electrons. The summed E-state index contributed by atoms with van der Waals surface area (Å²) in [6.45, 7) is 0. The molecule has 2 bridgehead atoms. The Morgan fingerprint density at radius 1 is 1.00 bits per heavy atom. The highest BCUT2D eigenvalue weighted by Crippen LogP contribution is 2.54. The molecule has 0 aromatic carbocycles. The standard InChI is InChI=1S/C9H11NO4/c11-6-2-1-3(7(6)12)5-4(2)8(13)10-9(5)14/h2-7,11-12H,1H2,(H,10,13,14)/t2-,3-,4-,5+,6-,7+/m1/s1. The summed E-state index contributed by atoms with van der Waals surface area (Å²) in [5.41, 5.74) is 0. The lowest BCUT2D eigenvalue weighted by molar-refractivity contribution is -0.129. The highest BCUT2D eigenvalue weighted by Gasteiger charge is 2.64. The highest BCUT2D eigenvalue weighted by atomic mass is 16.3. The van der Waals surface area contributed by atoms with Gasteiger partial charge in [0.2, 0.25) is 11.8 Å². The molecule has 6 atom stereocenters. The lowest BCUT2D eigenvalue weighted by atomic mass is 9.78. The maximum Gasteiger partial charge on any atom is 0.230 e. The summed E-state index contributed by atoms with van der Waals surface area (Å²) in [5, 5.41) is 21.5. The van der Waals surface area contributed by atoms with Gasteiger partial charge in [-0.25, -0.2) is 0 Å². The minimum Gasteiger partial charge on any atom is -0.390 e. The van der Waals surface area contributed by atoms with Crippen LogP contribution in [-0.4, -0.2) is 34.2 Å². The average Bonchev–Trinajstić information content (AvgIpc) is 2.71. The average molecular weight is 197 g/mol. The van der Waals surface area contributed by atoms with Crippen LogP contribution in [-0.2, 0) is 9.59 Å². The van der Waals surface area contributed by atoms with Gasteiger partial charge in [0, 0.05) is 11.8 Å². The molecule has 1 aliphatic heterocycles. The number of nitrogens with one attached hydrogen (secondary N) is 1. The van der Waals surface area contributed by atoms with Gasteiger partial charge in [-0.15, -0.1) is 0 Å². The molecule has 5 nitrogen and oxygen atoms in total. The molecule has 3 fully saturated rings. The van der Waals surface area contributed by atoms with E-state index in [1.165, 1.54) is 0 Å². The van der Waals surface area contributed by atoms with Gasteiger partial charge in [-0.05, 0) is 6.42 Å². The van der Waals surface area contributed by atoms with Gasteiger partial charge >= 0.3 is 0 Å². The van der Waals surface area contributed by atoms with E-state index in [9.17, 15) is 19.8 Å². The fraction of sp³-hybridized carbons (Fsp3) is 0.778. The lowest BCUT2D eigenvalue weighted by Crippen LogP contribution is -2.43. The van der Waals surface area contributed by atoms with E-state index in [0.29, 0.717) is 6.42 Å². The number of carbonyl (C=O) groups is 2. The lowest BCUT2D eigenvalue weighted by Gasteiger charge is -2.29. The van der Waals surface area contributed by atoms with E-state index in [1.54, 1.807) is 0 Å². The molecule has 0 spiro atoms. The molecular weight excluding hydrogens is 186 g/mol. The Morgan fingerprint density at radius 3 is 1.86 bits per heavy atom. The Balaban J connectivity index is 2.01. The second-order valence-electron chi connectivity index (χ2n) is 4.45. The normalized spacial score (nSPS) is 55.0. The van der Waals surface area contributed by atoms with Crippen LogP contribution in [0.25, 0.3) is 0 Å². The molecule has 0 radical (unpaired) electrons. The largest absolute Gasteiger partial charge is 0.390 e. The van der Waals surface area contributed by atoms with Crippen LogP contribution in [0.1, 0.15) is 6.42 Å². The minimum atomic E-state index is -0.835. The van der Waals surface area contributed by atoms with Crippen molar-refractivity contribution < 1.29 is 19.8 Å². The summed E-state index contributed by atoms with van der Waals surface area (Å²) in [6, 6.07) is 0. The Hall–Kier alpha value is -0.940. The molecule has 3 aliphatic rings. The zero-order chi connectivity index (χ0) is 10.0. The van der Waals surface area contributed by atoms with Crippen LogP contribution in [0.15, 0.2) is 0 Å². The van der Waals surface area contributed by atoms with Crippen molar-refractivity contribution in [2.45, 2.75) is 18.6 Å². The smallest absolute Gasteiger partial charge is 0.230 e. The number of amides is 2. The van der Waals surface area contributed by atoms with Crippen molar-refractivity contribution in [3.05, 3.63) is 0 Å². The third kappa shape index (κ3) is 0.734. The second-order valence-corrected chi connectivity index (χ2v) is 4.45. The van der Waals surface area contributed by atoms with E-state index in [1.807, 2.05) is 0 Å². The summed E-state index contributed by atoms with van der Waals surface area (Å²) in [4.78, 5) is 22.8. The first-order valence-electron chi connectivity index (χ1n) is 4.82. The maximum absolute atomic E-state index is 11.4. The second kappa shape index (κ2) is 2.35. The summed E-state index contributed by atoms with van der Waals surface area (Å²) >= 11 is 0. The SMILES string of the molecule is O=C1NC(=O)[C@H]2[C@H]3C[C@@H]([C@@H](O)[C@H]3O)[C@@H]12. The third-order valence-electron chi connectivity index (χ3n) is 3.93. The Bertz CT molecular complexity index is 299. The monoisotopic (exact) mass is 197 g/mol. The highest BCUT2D eigenvalue weighted by molar-refractivity contribution is 6.06. The molecule has 3 rings (SSSR count). The van der Waals surface area contributed by atoms with Gasteiger partial charge in [-0.3, -0.25) is 14.9 Å². The van der Waals surface area contributed by atoms with Crippen molar-refractivity contribution >= 4 is 11.8 Å². The van der Waals surface area contributed by atoms with E-state index >= 15 is 0 Å². The van der Waals surface area contributed by atoms with E-state index in [0.717, 1.165) is 0 Å². The van der Waals surface area contributed by atoms with Gasteiger partial charge in [-0.2, -0.15) is 0 Å². The summed E-state index contributed by atoms with van der Waals surface area (Å²) < 4.78 is 0. The summed E-state index contributed by atoms with van der Waals surface area (Å²) in [6.07, 6.45) is -1.08.